The zero-order chi connectivity index (χ0) is 14.8. The third-order valence-electron chi connectivity index (χ3n) is 3.64. The molecule has 1 aliphatic heterocycles. The van der Waals surface area contributed by atoms with Gasteiger partial charge in [-0.3, -0.25) is 4.79 Å². The Bertz CT molecular complexity index is 348. The Hall–Kier alpha value is -1.26. The highest BCUT2D eigenvalue weighted by molar-refractivity contribution is 5.70. The van der Waals surface area contributed by atoms with Crippen LogP contribution < -0.4 is 0 Å². The number of amides is 1. The smallest absolute Gasteiger partial charge is 0.410 e. The molecule has 1 heterocycles. The summed E-state index contributed by atoms with van der Waals surface area (Å²) in [4.78, 5) is 24.7. The van der Waals surface area contributed by atoms with Gasteiger partial charge >= 0.3 is 12.1 Å². The van der Waals surface area contributed by atoms with E-state index in [1.165, 1.54) is 0 Å². The van der Waals surface area contributed by atoms with E-state index < -0.39 is 11.6 Å². The van der Waals surface area contributed by atoms with Crippen LogP contribution in [-0.2, 0) is 9.53 Å². The second-order valence-corrected chi connectivity index (χ2v) is 6.43. The second kappa shape index (κ2) is 5.80. The van der Waals surface area contributed by atoms with Gasteiger partial charge in [0.25, 0.3) is 0 Å². The molecule has 5 heteroatoms. The van der Waals surface area contributed by atoms with Crippen LogP contribution in [0.4, 0.5) is 4.79 Å². The minimum atomic E-state index is -0.761. The fourth-order valence-corrected chi connectivity index (χ4v) is 2.46. The van der Waals surface area contributed by atoms with Gasteiger partial charge in [0.1, 0.15) is 5.60 Å². The van der Waals surface area contributed by atoms with Crippen LogP contribution in [0.1, 0.15) is 47.5 Å². The van der Waals surface area contributed by atoms with Crippen LogP contribution >= 0.6 is 0 Å². The summed E-state index contributed by atoms with van der Waals surface area (Å²) in [6.45, 7) is 9.78. The van der Waals surface area contributed by atoms with E-state index in [0.717, 1.165) is 6.42 Å². The molecule has 0 saturated carbocycles. The minimum Gasteiger partial charge on any atom is -0.481 e. The van der Waals surface area contributed by atoms with Gasteiger partial charge < -0.3 is 14.7 Å². The highest BCUT2D eigenvalue weighted by Gasteiger charge is 2.35. The average molecular weight is 271 g/mol. The molecule has 0 aromatic carbocycles. The topological polar surface area (TPSA) is 66.8 Å². The van der Waals surface area contributed by atoms with Crippen LogP contribution in [0.3, 0.4) is 0 Å². The van der Waals surface area contributed by atoms with Gasteiger partial charge in [-0.2, -0.15) is 0 Å². The van der Waals surface area contributed by atoms with Gasteiger partial charge in [-0.15, -0.1) is 0 Å². The maximum Gasteiger partial charge on any atom is 0.410 e. The molecule has 1 fully saturated rings. The lowest BCUT2D eigenvalue weighted by molar-refractivity contribution is -0.143. The molecule has 1 rings (SSSR count). The second-order valence-electron chi connectivity index (χ2n) is 6.43. The monoisotopic (exact) mass is 271 g/mol. The lowest BCUT2D eigenvalue weighted by Gasteiger charge is -2.39. The van der Waals surface area contributed by atoms with E-state index in [0.29, 0.717) is 13.0 Å². The molecule has 0 spiro atoms. The highest BCUT2D eigenvalue weighted by Crippen LogP contribution is 2.29. The van der Waals surface area contributed by atoms with Gasteiger partial charge in [-0.1, -0.05) is 6.92 Å². The summed E-state index contributed by atoms with van der Waals surface area (Å²) in [6.07, 6.45) is 1.13. The third kappa shape index (κ3) is 4.40. The van der Waals surface area contributed by atoms with Gasteiger partial charge in [-0.25, -0.2) is 4.79 Å². The summed E-state index contributed by atoms with van der Waals surface area (Å²) in [5.41, 5.74) is -0.498. The van der Waals surface area contributed by atoms with Crippen LogP contribution in [0.5, 0.6) is 0 Å². The van der Waals surface area contributed by atoms with Crippen molar-refractivity contribution < 1.29 is 19.4 Å². The first kappa shape index (κ1) is 15.8. The number of nitrogens with zero attached hydrogens (tertiary/aromatic N) is 1. The van der Waals surface area contributed by atoms with E-state index in [-0.39, 0.29) is 24.0 Å². The van der Waals surface area contributed by atoms with Crippen molar-refractivity contribution >= 4 is 12.1 Å². The lowest BCUT2D eigenvalue weighted by Crippen LogP contribution is -2.48. The van der Waals surface area contributed by atoms with Gasteiger partial charge in [0.05, 0.1) is 5.92 Å². The molecule has 1 N–H and O–H groups in total. The van der Waals surface area contributed by atoms with Crippen molar-refractivity contribution in [3.05, 3.63) is 0 Å². The molecule has 0 unspecified atom stereocenters. The predicted octanol–water partition coefficient (Wildman–Crippen LogP) is 2.74. The molecule has 1 aliphatic rings. The zero-order valence-corrected chi connectivity index (χ0v) is 12.5. The summed E-state index contributed by atoms with van der Waals surface area (Å²) >= 11 is 0. The fraction of sp³-hybridized carbons (Fsp3) is 0.857. The number of aliphatic carboxylic acids is 1. The van der Waals surface area contributed by atoms with Crippen LogP contribution in [0, 0.1) is 11.8 Å². The molecule has 0 aromatic rings. The number of carbonyl (C=O) groups excluding carboxylic acids is 1. The quantitative estimate of drug-likeness (QED) is 0.838. The van der Waals surface area contributed by atoms with Crippen molar-refractivity contribution in [3.63, 3.8) is 0 Å². The molecule has 1 amide bonds. The van der Waals surface area contributed by atoms with Crippen LogP contribution in [0.2, 0.25) is 0 Å². The Morgan fingerprint density at radius 2 is 1.95 bits per heavy atom. The Morgan fingerprint density at radius 3 is 2.37 bits per heavy atom. The van der Waals surface area contributed by atoms with E-state index in [4.69, 9.17) is 9.84 Å². The summed E-state index contributed by atoms with van der Waals surface area (Å²) in [6, 6.07) is 0.0235. The standard InChI is InChI=1S/C14H25NO4/c1-9-8-11(10(2)12(16)17)6-7-15(9)13(18)19-14(3,4)5/h9-11H,6-8H2,1-5H3,(H,16,17)/t9-,10+,11-/m0/s1. The Kier molecular flexibility index (Phi) is 4.82. The average Bonchev–Trinajstić information content (AvgIpc) is 2.25. The van der Waals surface area contributed by atoms with Crippen LogP contribution in [0.15, 0.2) is 0 Å². The molecule has 0 aliphatic carbocycles. The molecule has 0 radical (unpaired) electrons. The molecule has 0 aromatic heterocycles. The molecule has 3 atom stereocenters. The first-order valence-electron chi connectivity index (χ1n) is 6.84. The number of piperidine rings is 1. The molecular weight excluding hydrogens is 246 g/mol. The summed E-state index contributed by atoms with van der Waals surface area (Å²) in [5.74, 6) is -0.989. The normalized spacial score (nSPS) is 25.8. The number of ether oxygens (including phenoxy) is 1. The number of carbonyl (C=O) groups is 2. The number of hydrogen-bond donors (Lipinski definition) is 1. The van der Waals surface area contributed by atoms with Crippen molar-refractivity contribution in [1.82, 2.24) is 4.90 Å². The van der Waals surface area contributed by atoms with Crippen LogP contribution in [0.25, 0.3) is 0 Å². The predicted molar refractivity (Wildman–Crippen MR) is 71.9 cm³/mol. The number of rotatable bonds is 2. The first-order chi connectivity index (χ1) is 8.61. The van der Waals surface area contributed by atoms with E-state index in [1.807, 2.05) is 27.7 Å². The Balaban J connectivity index is 2.60. The largest absolute Gasteiger partial charge is 0.481 e. The summed E-state index contributed by atoms with van der Waals surface area (Å²) in [5, 5.41) is 9.04. The molecule has 5 nitrogen and oxygen atoms in total. The summed E-state index contributed by atoms with van der Waals surface area (Å²) < 4.78 is 5.36. The molecule has 1 saturated heterocycles. The van der Waals surface area contributed by atoms with Crippen molar-refractivity contribution in [2.75, 3.05) is 6.54 Å². The number of hydrogen-bond acceptors (Lipinski definition) is 3. The number of carboxylic acid groups (broad SMARTS) is 1. The van der Waals surface area contributed by atoms with Crippen molar-refractivity contribution in [1.29, 1.82) is 0 Å². The first-order valence-corrected chi connectivity index (χ1v) is 6.84. The zero-order valence-electron chi connectivity index (χ0n) is 12.5. The van der Waals surface area contributed by atoms with Crippen LogP contribution in [-0.4, -0.2) is 40.3 Å². The van der Waals surface area contributed by atoms with Gasteiger partial charge in [0, 0.05) is 12.6 Å². The van der Waals surface area contributed by atoms with Gasteiger partial charge in [0.2, 0.25) is 0 Å². The van der Waals surface area contributed by atoms with Crippen molar-refractivity contribution in [2.24, 2.45) is 11.8 Å². The van der Waals surface area contributed by atoms with E-state index in [1.54, 1.807) is 11.8 Å². The number of likely N-dealkylation sites (tertiary alicyclic amines) is 1. The number of carboxylic acids is 1. The molecule has 110 valence electrons. The SMILES string of the molecule is C[C@@H](C(=O)O)[C@H]1CCN(C(=O)OC(C)(C)C)[C@@H](C)C1. The van der Waals surface area contributed by atoms with Gasteiger partial charge in [-0.05, 0) is 46.5 Å². The highest BCUT2D eigenvalue weighted by atomic mass is 16.6. The van der Waals surface area contributed by atoms with Crippen molar-refractivity contribution in [3.8, 4) is 0 Å². The maximum absolute atomic E-state index is 12.0. The molecule has 0 bridgehead atoms. The molecule has 19 heavy (non-hydrogen) atoms. The van der Waals surface area contributed by atoms with E-state index in [2.05, 4.69) is 0 Å². The Labute approximate surface area is 114 Å². The van der Waals surface area contributed by atoms with E-state index in [9.17, 15) is 9.59 Å². The molecular formula is C14H25NO4. The Morgan fingerprint density at radius 1 is 1.37 bits per heavy atom. The lowest BCUT2D eigenvalue weighted by atomic mass is 9.82. The van der Waals surface area contributed by atoms with Crippen molar-refractivity contribution in [2.45, 2.75) is 59.1 Å². The third-order valence-corrected chi connectivity index (χ3v) is 3.64. The fourth-order valence-electron chi connectivity index (χ4n) is 2.46. The maximum atomic E-state index is 12.0. The summed E-state index contributed by atoms with van der Waals surface area (Å²) in [7, 11) is 0. The van der Waals surface area contributed by atoms with E-state index >= 15 is 0 Å². The van der Waals surface area contributed by atoms with Gasteiger partial charge in [0.15, 0.2) is 0 Å². The minimum absolute atomic E-state index is 0.0235.